The smallest absolute Gasteiger partial charge is 0.0405 e. The van der Waals surface area contributed by atoms with Crippen LogP contribution in [0.3, 0.4) is 0 Å². The van der Waals surface area contributed by atoms with Gasteiger partial charge < -0.3 is 16.4 Å². The fraction of sp³-hybridized carbons (Fsp3) is 0.647. The zero-order valence-electron chi connectivity index (χ0n) is 14.2. The lowest BCUT2D eigenvalue weighted by Crippen LogP contribution is -2.47. The van der Waals surface area contributed by atoms with Gasteiger partial charge in [-0.25, -0.2) is 0 Å². The molecule has 0 aliphatic heterocycles. The Labute approximate surface area is 124 Å². The molecule has 0 heterocycles. The second-order valence-electron chi connectivity index (χ2n) is 6.44. The van der Waals surface area contributed by atoms with Gasteiger partial charge in [0.15, 0.2) is 0 Å². The van der Waals surface area contributed by atoms with E-state index in [-0.39, 0.29) is 5.54 Å². The minimum atomic E-state index is 0.00484. The van der Waals surface area contributed by atoms with Crippen molar-refractivity contribution in [3.05, 3.63) is 27.8 Å². The molecule has 20 heavy (non-hydrogen) atoms. The van der Waals surface area contributed by atoms with E-state index in [1.165, 1.54) is 33.5 Å². The summed E-state index contributed by atoms with van der Waals surface area (Å²) in [6.07, 6.45) is 0. The van der Waals surface area contributed by atoms with Gasteiger partial charge >= 0.3 is 0 Å². The summed E-state index contributed by atoms with van der Waals surface area (Å²) in [6.45, 7) is 17.8. The minimum Gasteiger partial charge on any atom is -0.383 e. The molecular formula is C17H31N3. The van der Waals surface area contributed by atoms with Gasteiger partial charge in [0.1, 0.15) is 0 Å². The van der Waals surface area contributed by atoms with Crippen molar-refractivity contribution in [3.63, 3.8) is 0 Å². The average molecular weight is 277 g/mol. The number of benzene rings is 1. The third-order valence-corrected chi connectivity index (χ3v) is 4.54. The van der Waals surface area contributed by atoms with E-state index in [1.54, 1.807) is 0 Å². The summed E-state index contributed by atoms with van der Waals surface area (Å²) < 4.78 is 0. The molecule has 0 aliphatic rings. The SMILES string of the molecule is Cc1c(C)c(C)c(NCCNC(C)(C)CN)c(C)c1C. The summed E-state index contributed by atoms with van der Waals surface area (Å²) in [6, 6.07) is 0. The fourth-order valence-electron chi connectivity index (χ4n) is 2.43. The Bertz CT molecular complexity index is 447. The zero-order chi connectivity index (χ0) is 15.5. The number of rotatable bonds is 6. The van der Waals surface area contributed by atoms with Gasteiger partial charge in [0.25, 0.3) is 0 Å². The Morgan fingerprint density at radius 1 is 0.800 bits per heavy atom. The normalized spacial score (nSPS) is 11.8. The molecule has 0 radical (unpaired) electrons. The summed E-state index contributed by atoms with van der Waals surface area (Å²) in [4.78, 5) is 0. The molecule has 0 aromatic heterocycles. The molecule has 0 bridgehead atoms. The summed E-state index contributed by atoms with van der Waals surface area (Å²) in [7, 11) is 0. The molecule has 3 heteroatoms. The van der Waals surface area contributed by atoms with Crippen LogP contribution < -0.4 is 16.4 Å². The Balaban J connectivity index is 2.75. The van der Waals surface area contributed by atoms with Crippen molar-refractivity contribution in [2.24, 2.45) is 5.73 Å². The van der Waals surface area contributed by atoms with Gasteiger partial charge in [0, 0.05) is 30.9 Å². The van der Waals surface area contributed by atoms with Crippen molar-refractivity contribution in [1.82, 2.24) is 5.32 Å². The van der Waals surface area contributed by atoms with Crippen LogP contribution in [0.4, 0.5) is 5.69 Å². The number of hydrogen-bond donors (Lipinski definition) is 3. The number of nitrogens with two attached hydrogens (primary N) is 1. The van der Waals surface area contributed by atoms with Crippen molar-refractivity contribution >= 4 is 5.69 Å². The molecular weight excluding hydrogens is 246 g/mol. The fourth-order valence-corrected chi connectivity index (χ4v) is 2.43. The third kappa shape index (κ3) is 3.74. The highest BCUT2D eigenvalue weighted by Crippen LogP contribution is 2.29. The molecule has 3 nitrogen and oxygen atoms in total. The molecule has 1 rings (SSSR count). The molecule has 0 saturated carbocycles. The van der Waals surface area contributed by atoms with Crippen LogP contribution in [0.1, 0.15) is 41.7 Å². The summed E-state index contributed by atoms with van der Waals surface area (Å²) in [5.41, 5.74) is 13.9. The lowest BCUT2D eigenvalue weighted by atomic mass is 9.93. The number of anilines is 1. The average Bonchev–Trinajstić information content (AvgIpc) is 2.42. The van der Waals surface area contributed by atoms with Gasteiger partial charge in [-0.15, -0.1) is 0 Å². The van der Waals surface area contributed by atoms with Crippen LogP contribution in [0.25, 0.3) is 0 Å². The van der Waals surface area contributed by atoms with Crippen molar-refractivity contribution in [2.75, 3.05) is 25.0 Å². The molecule has 0 atom stereocenters. The van der Waals surface area contributed by atoms with Crippen LogP contribution >= 0.6 is 0 Å². The van der Waals surface area contributed by atoms with Gasteiger partial charge in [0.2, 0.25) is 0 Å². The van der Waals surface area contributed by atoms with Gasteiger partial charge in [0.05, 0.1) is 0 Å². The van der Waals surface area contributed by atoms with E-state index < -0.39 is 0 Å². The first-order chi connectivity index (χ1) is 9.21. The third-order valence-electron chi connectivity index (χ3n) is 4.54. The Morgan fingerprint density at radius 2 is 1.25 bits per heavy atom. The molecule has 4 N–H and O–H groups in total. The highest BCUT2D eigenvalue weighted by Gasteiger charge is 2.14. The van der Waals surface area contributed by atoms with E-state index in [0.717, 1.165) is 13.1 Å². The molecule has 0 amide bonds. The molecule has 114 valence electrons. The van der Waals surface area contributed by atoms with Crippen molar-refractivity contribution in [2.45, 2.75) is 54.0 Å². The van der Waals surface area contributed by atoms with Crippen LogP contribution in [0, 0.1) is 34.6 Å². The topological polar surface area (TPSA) is 50.1 Å². The maximum Gasteiger partial charge on any atom is 0.0405 e. The van der Waals surface area contributed by atoms with Crippen molar-refractivity contribution in [1.29, 1.82) is 0 Å². The molecule has 0 fully saturated rings. The number of nitrogens with one attached hydrogen (secondary N) is 2. The Hall–Kier alpha value is -1.06. The monoisotopic (exact) mass is 277 g/mol. The van der Waals surface area contributed by atoms with Crippen LogP contribution in [0.5, 0.6) is 0 Å². The first kappa shape index (κ1) is 17.0. The second kappa shape index (κ2) is 6.59. The van der Waals surface area contributed by atoms with E-state index in [0.29, 0.717) is 6.54 Å². The first-order valence-corrected chi connectivity index (χ1v) is 7.47. The maximum atomic E-state index is 5.72. The zero-order valence-corrected chi connectivity index (χ0v) is 14.2. The summed E-state index contributed by atoms with van der Waals surface area (Å²) in [5, 5.41) is 7.05. The first-order valence-electron chi connectivity index (χ1n) is 7.47. The second-order valence-corrected chi connectivity index (χ2v) is 6.44. The van der Waals surface area contributed by atoms with Crippen LogP contribution in [-0.2, 0) is 0 Å². The van der Waals surface area contributed by atoms with Crippen molar-refractivity contribution < 1.29 is 0 Å². The van der Waals surface area contributed by atoms with Crippen LogP contribution in [0.2, 0.25) is 0 Å². The van der Waals surface area contributed by atoms with E-state index in [2.05, 4.69) is 59.1 Å². The maximum absolute atomic E-state index is 5.72. The van der Waals surface area contributed by atoms with Gasteiger partial charge in [-0.1, -0.05) is 0 Å². The van der Waals surface area contributed by atoms with Gasteiger partial charge in [-0.05, 0) is 76.3 Å². The van der Waals surface area contributed by atoms with E-state index in [4.69, 9.17) is 5.73 Å². The van der Waals surface area contributed by atoms with Crippen LogP contribution in [-0.4, -0.2) is 25.2 Å². The highest BCUT2D eigenvalue weighted by molar-refractivity contribution is 5.64. The predicted octanol–water partition coefficient (Wildman–Crippen LogP) is 2.97. The van der Waals surface area contributed by atoms with Crippen molar-refractivity contribution in [3.8, 4) is 0 Å². The van der Waals surface area contributed by atoms with E-state index in [9.17, 15) is 0 Å². The largest absolute Gasteiger partial charge is 0.383 e. The lowest BCUT2D eigenvalue weighted by Gasteiger charge is -2.25. The Kier molecular flexibility index (Phi) is 5.60. The summed E-state index contributed by atoms with van der Waals surface area (Å²) in [5.74, 6) is 0. The van der Waals surface area contributed by atoms with E-state index >= 15 is 0 Å². The number of hydrogen-bond acceptors (Lipinski definition) is 3. The summed E-state index contributed by atoms with van der Waals surface area (Å²) >= 11 is 0. The lowest BCUT2D eigenvalue weighted by molar-refractivity contribution is 0.406. The van der Waals surface area contributed by atoms with Gasteiger partial charge in [-0.3, -0.25) is 0 Å². The van der Waals surface area contributed by atoms with E-state index in [1.807, 2.05) is 0 Å². The highest BCUT2D eigenvalue weighted by atomic mass is 15.0. The molecule has 1 aromatic rings. The quantitative estimate of drug-likeness (QED) is 0.701. The molecule has 0 unspecified atom stereocenters. The van der Waals surface area contributed by atoms with Gasteiger partial charge in [-0.2, -0.15) is 0 Å². The molecule has 1 aromatic carbocycles. The minimum absolute atomic E-state index is 0.00484. The van der Waals surface area contributed by atoms with Crippen LogP contribution in [0.15, 0.2) is 0 Å². The predicted molar refractivity (Wildman–Crippen MR) is 89.8 cm³/mol. The molecule has 0 aliphatic carbocycles. The standard InChI is InChI=1S/C17H31N3/c1-11-12(2)14(4)16(15(5)13(11)3)19-8-9-20-17(6,7)10-18/h19-20H,8-10,18H2,1-7H3. The molecule has 0 saturated heterocycles. The molecule has 0 spiro atoms. The Morgan fingerprint density at radius 3 is 1.70 bits per heavy atom.